The number of carbonyl (C=O) groups excluding carboxylic acids is 1. The molecule has 0 amide bonds. The van der Waals surface area contributed by atoms with Gasteiger partial charge in [0.25, 0.3) is 0 Å². The van der Waals surface area contributed by atoms with Gasteiger partial charge in [-0.3, -0.25) is 4.79 Å². The second-order valence-corrected chi connectivity index (χ2v) is 6.44. The minimum Gasteiger partial charge on any atom is -0.493 e. The van der Waals surface area contributed by atoms with Crippen molar-refractivity contribution < 1.29 is 28.2 Å². The number of benzene rings is 1. The van der Waals surface area contributed by atoms with Crippen molar-refractivity contribution in [2.75, 3.05) is 21.3 Å². The van der Waals surface area contributed by atoms with E-state index in [4.69, 9.17) is 23.4 Å². The molecule has 2 aromatic heterocycles. The predicted molar refractivity (Wildman–Crippen MR) is 99.4 cm³/mol. The molecule has 0 atom stereocenters. The molecule has 3 aromatic rings. The molecule has 0 aliphatic carbocycles. The van der Waals surface area contributed by atoms with Crippen LogP contribution in [0.3, 0.4) is 0 Å². The molecule has 0 fully saturated rings. The number of carbonyl (C=O) groups is 1. The van der Waals surface area contributed by atoms with Gasteiger partial charge in [0, 0.05) is 0 Å². The van der Waals surface area contributed by atoms with E-state index in [0.717, 1.165) is 4.88 Å². The Morgan fingerprint density at radius 1 is 1.15 bits per heavy atom. The Morgan fingerprint density at radius 2 is 1.89 bits per heavy atom. The van der Waals surface area contributed by atoms with Crippen LogP contribution in [0, 0.1) is 0 Å². The minimum absolute atomic E-state index is 0.0398. The van der Waals surface area contributed by atoms with Crippen LogP contribution >= 0.6 is 11.3 Å². The summed E-state index contributed by atoms with van der Waals surface area (Å²) in [7, 11) is 4.57. The van der Waals surface area contributed by atoms with E-state index >= 15 is 0 Å². The largest absolute Gasteiger partial charge is 0.493 e. The fourth-order valence-corrected chi connectivity index (χ4v) is 3.15. The Hall–Kier alpha value is -3.00. The van der Waals surface area contributed by atoms with Crippen LogP contribution in [0.15, 0.2) is 40.3 Å². The maximum absolute atomic E-state index is 12.2. The highest BCUT2D eigenvalue weighted by molar-refractivity contribution is 7.13. The topological polar surface area (TPSA) is 80.0 Å². The number of nitrogens with zero attached hydrogens (tertiary/aromatic N) is 1. The lowest BCUT2D eigenvalue weighted by Crippen LogP contribution is -2.09. The predicted octanol–water partition coefficient (Wildman–Crippen LogP) is 3.71. The molecule has 2 heterocycles. The standard InChI is InChI=1S/C19H19NO6S/c1-22-14-7-12(8-15(23-2)18(14)24-3)9-17(21)25-10-13-11-26-19(20-13)16-5-4-6-27-16/h4-8,11H,9-10H2,1-3H3. The molecule has 3 rings (SSSR count). The van der Waals surface area contributed by atoms with Crippen LogP contribution in [0.5, 0.6) is 17.2 Å². The van der Waals surface area contributed by atoms with E-state index in [1.165, 1.54) is 38.9 Å². The number of esters is 1. The molecule has 0 bridgehead atoms. The van der Waals surface area contributed by atoms with Crippen molar-refractivity contribution in [2.24, 2.45) is 0 Å². The third-order valence-corrected chi connectivity index (χ3v) is 4.60. The van der Waals surface area contributed by atoms with Gasteiger partial charge >= 0.3 is 5.97 Å². The summed E-state index contributed by atoms with van der Waals surface area (Å²) in [6, 6.07) is 7.26. The van der Waals surface area contributed by atoms with E-state index in [-0.39, 0.29) is 13.0 Å². The van der Waals surface area contributed by atoms with Crippen LogP contribution in [0.2, 0.25) is 0 Å². The fraction of sp³-hybridized carbons (Fsp3) is 0.263. The van der Waals surface area contributed by atoms with Crippen molar-refractivity contribution in [1.29, 1.82) is 0 Å². The van der Waals surface area contributed by atoms with Crippen molar-refractivity contribution in [3.63, 3.8) is 0 Å². The molecule has 0 radical (unpaired) electrons. The zero-order chi connectivity index (χ0) is 19.2. The SMILES string of the molecule is COc1cc(CC(=O)OCc2coc(-c3cccs3)n2)cc(OC)c1OC. The third kappa shape index (κ3) is 4.40. The summed E-state index contributed by atoms with van der Waals surface area (Å²) in [6.45, 7) is 0.0398. The molecule has 7 nitrogen and oxygen atoms in total. The summed E-state index contributed by atoms with van der Waals surface area (Å²) in [6.07, 6.45) is 1.55. The maximum atomic E-state index is 12.2. The van der Waals surface area contributed by atoms with Crippen LogP contribution in [0.1, 0.15) is 11.3 Å². The monoisotopic (exact) mass is 389 g/mol. The van der Waals surface area contributed by atoms with Crippen molar-refractivity contribution in [1.82, 2.24) is 4.98 Å². The van der Waals surface area contributed by atoms with Crippen molar-refractivity contribution in [3.8, 4) is 28.0 Å². The van der Waals surface area contributed by atoms with Gasteiger partial charge in [0.2, 0.25) is 11.6 Å². The van der Waals surface area contributed by atoms with Crippen LogP contribution in [-0.2, 0) is 22.6 Å². The Labute approximate surface area is 160 Å². The number of hydrogen-bond acceptors (Lipinski definition) is 8. The summed E-state index contributed by atoms with van der Waals surface area (Å²) in [5.74, 6) is 1.56. The number of ether oxygens (including phenoxy) is 4. The average Bonchev–Trinajstić information content (AvgIpc) is 3.37. The van der Waals surface area contributed by atoms with Gasteiger partial charge in [-0.25, -0.2) is 4.98 Å². The van der Waals surface area contributed by atoms with Crippen LogP contribution in [0.4, 0.5) is 0 Å². The van der Waals surface area contributed by atoms with Gasteiger partial charge in [0.05, 0.1) is 32.6 Å². The molecule has 0 aliphatic rings. The zero-order valence-electron chi connectivity index (χ0n) is 15.2. The van der Waals surface area contributed by atoms with E-state index in [1.54, 1.807) is 12.1 Å². The highest BCUT2D eigenvalue weighted by Crippen LogP contribution is 2.38. The van der Waals surface area contributed by atoms with Crippen LogP contribution in [-0.4, -0.2) is 32.3 Å². The van der Waals surface area contributed by atoms with Gasteiger partial charge in [-0.2, -0.15) is 0 Å². The molecule has 0 aliphatic heterocycles. The Morgan fingerprint density at radius 3 is 2.48 bits per heavy atom. The van der Waals surface area contributed by atoms with Gasteiger partial charge in [-0.15, -0.1) is 11.3 Å². The lowest BCUT2D eigenvalue weighted by molar-refractivity contribution is -0.144. The van der Waals surface area contributed by atoms with Gasteiger partial charge in [-0.05, 0) is 29.1 Å². The van der Waals surface area contributed by atoms with Gasteiger partial charge < -0.3 is 23.4 Å². The molecule has 142 valence electrons. The van der Waals surface area contributed by atoms with E-state index in [0.29, 0.717) is 34.4 Å². The van der Waals surface area contributed by atoms with Crippen molar-refractivity contribution >= 4 is 17.3 Å². The van der Waals surface area contributed by atoms with Gasteiger partial charge in [0.1, 0.15) is 18.6 Å². The van der Waals surface area contributed by atoms with E-state index in [2.05, 4.69) is 4.98 Å². The summed E-state index contributed by atoms with van der Waals surface area (Å²) in [4.78, 5) is 17.4. The van der Waals surface area contributed by atoms with Crippen LogP contribution < -0.4 is 14.2 Å². The minimum atomic E-state index is -0.398. The number of rotatable bonds is 8. The first kappa shape index (κ1) is 18.8. The number of hydrogen-bond donors (Lipinski definition) is 0. The first-order valence-electron chi connectivity index (χ1n) is 8.07. The lowest BCUT2D eigenvalue weighted by atomic mass is 10.1. The lowest BCUT2D eigenvalue weighted by Gasteiger charge is -2.13. The average molecular weight is 389 g/mol. The smallest absolute Gasteiger partial charge is 0.310 e. The molecule has 27 heavy (non-hydrogen) atoms. The maximum Gasteiger partial charge on any atom is 0.310 e. The molecule has 0 unspecified atom stereocenters. The molecule has 8 heteroatoms. The highest BCUT2D eigenvalue weighted by atomic mass is 32.1. The Bertz CT molecular complexity index is 878. The van der Waals surface area contributed by atoms with E-state index in [9.17, 15) is 4.79 Å². The second kappa shape index (κ2) is 8.59. The molecule has 1 aromatic carbocycles. The summed E-state index contributed by atoms with van der Waals surface area (Å²) in [5.41, 5.74) is 1.24. The summed E-state index contributed by atoms with van der Waals surface area (Å²) in [5, 5.41) is 1.94. The molecule has 0 saturated carbocycles. The van der Waals surface area contributed by atoms with Gasteiger partial charge in [-0.1, -0.05) is 6.07 Å². The van der Waals surface area contributed by atoms with Crippen LogP contribution in [0.25, 0.3) is 10.8 Å². The number of methoxy groups -OCH3 is 3. The molecule has 0 spiro atoms. The van der Waals surface area contributed by atoms with E-state index < -0.39 is 5.97 Å². The summed E-state index contributed by atoms with van der Waals surface area (Å²) < 4.78 is 26.6. The summed E-state index contributed by atoms with van der Waals surface area (Å²) >= 11 is 1.53. The van der Waals surface area contributed by atoms with Gasteiger partial charge in [0.15, 0.2) is 11.5 Å². The quantitative estimate of drug-likeness (QED) is 0.543. The fourth-order valence-electron chi connectivity index (χ4n) is 2.50. The number of oxazole rings is 1. The number of thiophene rings is 1. The number of aromatic nitrogens is 1. The first-order chi connectivity index (χ1) is 13.1. The van der Waals surface area contributed by atoms with Crippen molar-refractivity contribution in [3.05, 3.63) is 47.2 Å². The molecular weight excluding hydrogens is 370 g/mol. The van der Waals surface area contributed by atoms with Crippen molar-refractivity contribution in [2.45, 2.75) is 13.0 Å². The first-order valence-corrected chi connectivity index (χ1v) is 8.95. The van der Waals surface area contributed by atoms with E-state index in [1.807, 2.05) is 17.5 Å². The second-order valence-electron chi connectivity index (χ2n) is 5.49. The Balaban J connectivity index is 1.62. The molecular formula is C19H19NO6S. The zero-order valence-corrected chi connectivity index (χ0v) is 16.0. The third-order valence-electron chi connectivity index (χ3n) is 3.74. The molecule has 0 saturated heterocycles. The highest BCUT2D eigenvalue weighted by Gasteiger charge is 2.16. The normalized spacial score (nSPS) is 10.5. The Kier molecular flexibility index (Phi) is 5.97. The molecule has 0 N–H and O–H groups in total.